The summed E-state index contributed by atoms with van der Waals surface area (Å²) in [6.45, 7) is 0.604. The summed E-state index contributed by atoms with van der Waals surface area (Å²) in [5.41, 5.74) is 1.90. The molecule has 1 N–H and O–H groups in total. The zero-order valence-corrected chi connectivity index (χ0v) is 14.3. The summed E-state index contributed by atoms with van der Waals surface area (Å²) in [5, 5.41) is 16.5. The highest BCUT2D eigenvalue weighted by atomic mass is 19.1. The average molecular weight is 362 g/mol. The maximum absolute atomic E-state index is 13.0. The van der Waals surface area contributed by atoms with Gasteiger partial charge in [-0.1, -0.05) is 11.2 Å². The van der Waals surface area contributed by atoms with Gasteiger partial charge < -0.3 is 9.84 Å². The summed E-state index contributed by atoms with van der Waals surface area (Å²) >= 11 is 0. The first kappa shape index (κ1) is 16.7. The molecule has 134 valence electrons. The van der Waals surface area contributed by atoms with Crippen LogP contribution in [0.25, 0.3) is 17.0 Å². The molecule has 7 nitrogen and oxygen atoms in total. The quantitative estimate of drug-likeness (QED) is 0.528. The van der Waals surface area contributed by atoms with Gasteiger partial charge in [0.1, 0.15) is 17.5 Å². The van der Waals surface area contributed by atoms with Crippen molar-refractivity contribution in [2.75, 3.05) is 11.9 Å². The number of aryl methyl sites for hydroxylation is 1. The number of aromatic nitrogens is 4. The molecule has 0 saturated heterocycles. The van der Waals surface area contributed by atoms with E-state index in [1.807, 2.05) is 24.4 Å². The predicted molar refractivity (Wildman–Crippen MR) is 96.4 cm³/mol. The first-order valence-corrected chi connectivity index (χ1v) is 8.44. The normalized spacial score (nSPS) is 10.8. The van der Waals surface area contributed by atoms with Crippen LogP contribution in [0.2, 0.25) is 0 Å². The number of fused-ring (bicyclic) bond motifs is 1. The Bertz CT molecular complexity index is 1110. The highest BCUT2D eigenvalue weighted by Crippen LogP contribution is 2.18. The number of rotatable bonds is 6. The molecule has 8 heteroatoms. The fourth-order valence-corrected chi connectivity index (χ4v) is 2.74. The van der Waals surface area contributed by atoms with Crippen LogP contribution in [0.4, 0.5) is 10.2 Å². The summed E-state index contributed by atoms with van der Waals surface area (Å²) < 4.78 is 20.0. The van der Waals surface area contributed by atoms with Gasteiger partial charge in [0.2, 0.25) is 11.7 Å². The molecule has 4 aromatic rings. The van der Waals surface area contributed by atoms with Crippen molar-refractivity contribution >= 4 is 11.5 Å². The summed E-state index contributed by atoms with van der Waals surface area (Å²) in [5.74, 6) is 1.19. The van der Waals surface area contributed by atoms with Crippen LogP contribution in [-0.4, -0.2) is 26.1 Å². The van der Waals surface area contributed by atoms with Gasteiger partial charge in [0.05, 0.1) is 0 Å². The highest BCUT2D eigenvalue weighted by molar-refractivity contribution is 5.58. The Morgan fingerprint density at radius 1 is 1.15 bits per heavy atom. The number of nitrogens with one attached hydrogen (secondary N) is 1. The minimum Gasteiger partial charge on any atom is -0.368 e. The third kappa shape index (κ3) is 3.48. The van der Waals surface area contributed by atoms with E-state index in [9.17, 15) is 9.65 Å². The fourth-order valence-electron chi connectivity index (χ4n) is 2.74. The van der Waals surface area contributed by atoms with E-state index in [0.717, 1.165) is 12.1 Å². The van der Waals surface area contributed by atoms with Crippen molar-refractivity contribution in [2.45, 2.75) is 12.8 Å². The van der Waals surface area contributed by atoms with E-state index in [2.05, 4.69) is 26.5 Å². The third-order valence-electron chi connectivity index (χ3n) is 4.07. The molecule has 4 rings (SSSR count). The molecule has 0 aliphatic heterocycles. The second kappa shape index (κ2) is 7.25. The molecule has 0 saturated carbocycles. The largest absolute Gasteiger partial charge is 0.368 e. The molecule has 0 aliphatic carbocycles. The smallest absolute Gasteiger partial charge is 0.227 e. The molecule has 3 aromatic heterocycles. The standard InChI is InChI=1S/C19H15FN6O/c20-14-8-6-13(7-9-14)18-24-17(27-25-18)5-3-10-22-19-15(12-21)26-11-2-1-4-16(26)23-19/h1-2,4,6-9,11,22H,3,5,10H2. The third-order valence-corrected chi connectivity index (χ3v) is 4.07. The van der Waals surface area contributed by atoms with Crippen molar-refractivity contribution in [3.63, 3.8) is 0 Å². The van der Waals surface area contributed by atoms with Crippen LogP contribution < -0.4 is 5.32 Å². The Kier molecular flexibility index (Phi) is 4.49. The minimum atomic E-state index is -0.308. The SMILES string of the molecule is N#Cc1c(NCCCc2nc(-c3ccc(F)cc3)no2)nc2ccccn12. The zero-order valence-electron chi connectivity index (χ0n) is 14.3. The second-order valence-corrected chi connectivity index (χ2v) is 5.90. The van der Waals surface area contributed by atoms with Crippen LogP contribution in [0.15, 0.2) is 53.2 Å². The lowest BCUT2D eigenvalue weighted by molar-refractivity contribution is 0.377. The van der Waals surface area contributed by atoms with E-state index < -0.39 is 0 Å². The lowest BCUT2D eigenvalue weighted by Gasteiger charge is -2.01. The summed E-state index contributed by atoms with van der Waals surface area (Å²) in [6, 6.07) is 13.7. The van der Waals surface area contributed by atoms with Crippen molar-refractivity contribution in [1.82, 2.24) is 19.5 Å². The van der Waals surface area contributed by atoms with Crippen LogP contribution in [0.1, 0.15) is 18.0 Å². The Morgan fingerprint density at radius 2 is 2.00 bits per heavy atom. The van der Waals surface area contributed by atoms with Crippen LogP contribution in [0.5, 0.6) is 0 Å². The Morgan fingerprint density at radius 3 is 2.81 bits per heavy atom. The maximum Gasteiger partial charge on any atom is 0.227 e. The molecular weight excluding hydrogens is 347 g/mol. The van der Waals surface area contributed by atoms with Gasteiger partial charge in [-0.3, -0.25) is 4.40 Å². The molecule has 0 unspecified atom stereocenters. The molecule has 3 heterocycles. The van der Waals surface area contributed by atoms with E-state index >= 15 is 0 Å². The molecule has 0 spiro atoms. The summed E-state index contributed by atoms with van der Waals surface area (Å²) in [7, 11) is 0. The second-order valence-electron chi connectivity index (χ2n) is 5.90. The van der Waals surface area contributed by atoms with Crippen LogP contribution in [0.3, 0.4) is 0 Å². The van der Waals surface area contributed by atoms with Gasteiger partial charge in [0, 0.05) is 24.7 Å². The van der Waals surface area contributed by atoms with Gasteiger partial charge in [0.15, 0.2) is 11.5 Å². The number of anilines is 1. The Hall–Kier alpha value is -3.73. The number of imidazole rings is 1. The van der Waals surface area contributed by atoms with Gasteiger partial charge in [-0.15, -0.1) is 0 Å². The van der Waals surface area contributed by atoms with Crippen molar-refractivity contribution in [3.8, 4) is 17.5 Å². The van der Waals surface area contributed by atoms with Crippen LogP contribution in [0, 0.1) is 17.1 Å². The van der Waals surface area contributed by atoms with Gasteiger partial charge in [-0.2, -0.15) is 10.2 Å². The molecule has 0 radical (unpaired) electrons. The number of hydrogen-bond donors (Lipinski definition) is 1. The van der Waals surface area contributed by atoms with Gasteiger partial charge in [-0.25, -0.2) is 9.37 Å². The molecule has 0 fully saturated rings. The molecule has 0 bridgehead atoms. The molecule has 0 atom stereocenters. The fraction of sp³-hybridized carbons (Fsp3) is 0.158. The van der Waals surface area contributed by atoms with E-state index in [0.29, 0.717) is 41.8 Å². The topological polar surface area (TPSA) is 92.0 Å². The molecule has 27 heavy (non-hydrogen) atoms. The average Bonchev–Trinajstić information content (AvgIpc) is 3.30. The van der Waals surface area contributed by atoms with E-state index in [1.54, 1.807) is 16.5 Å². The lowest BCUT2D eigenvalue weighted by atomic mass is 10.2. The Labute approximate surface area is 154 Å². The lowest BCUT2D eigenvalue weighted by Crippen LogP contribution is -2.05. The van der Waals surface area contributed by atoms with Crippen LogP contribution >= 0.6 is 0 Å². The molecular formula is C19H15FN6O. The van der Waals surface area contributed by atoms with Gasteiger partial charge in [-0.05, 0) is 42.8 Å². The number of benzene rings is 1. The van der Waals surface area contributed by atoms with Crippen molar-refractivity contribution < 1.29 is 8.91 Å². The minimum absolute atomic E-state index is 0.308. The van der Waals surface area contributed by atoms with E-state index in [4.69, 9.17) is 4.52 Å². The van der Waals surface area contributed by atoms with Crippen molar-refractivity contribution in [2.24, 2.45) is 0 Å². The molecule has 0 aliphatic rings. The van der Waals surface area contributed by atoms with E-state index in [1.165, 1.54) is 12.1 Å². The first-order chi connectivity index (χ1) is 13.2. The number of hydrogen-bond acceptors (Lipinski definition) is 6. The monoisotopic (exact) mass is 362 g/mol. The Balaban J connectivity index is 1.36. The summed E-state index contributed by atoms with van der Waals surface area (Å²) in [4.78, 5) is 8.75. The highest BCUT2D eigenvalue weighted by Gasteiger charge is 2.12. The number of nitrogens with zero attached hydrogens (tertiary/aromatic N) is 5. The number of nitriles is 1. The van der Waals surface area contributed by atoms with Crippen LogP contribution in [-0.2, 0) is 6.42 Å². The van der Waals surface area contributed by atoms with E-state index in [-0.39, 0.29) is 5.82 Å². The van der Waals surface area contributed by atoms with Crippen molar-refractivity contribution in [3.05, 3.63) is 66.1 Å². The number of pyridine rings is 1. The predicted octanol–water partition coefficient (Wildman–Crippen LogP) is 3.44. The van der Waals surface area contributed by atoms with Gasteiger partial charge >= 0.3 is 0 Å². The number of halogens is 1. The van der Waals surface area contributed by atoms with Crippen molar-refractivity contribution in [1.29, 1.82) is 5.26 Å². The van der Waals surface area contributed by atoms with Gasteiger partial charge in [0.25, 0.3) is 0 Å². The summed E-state index contributed by atoms with van der Waals surface area (Å²) in [6.07, 6.45) is 3.11. The zero-order chi connectivity index (χ0) is 18.6. The maximum atomic E-state index is 13.0. The first-order valence-electron chi connectivity index (χ1n) is 8.44. The molecule has 0 amide bonds. The molecule has 1 aromatic carbocycles.